The molecule has 9 heavy (non-hydrogen) atoms. The summed E-state index contributed by atoms with van der Waals surface area (Å²) in [5.41, 5.74) is 1.04. The second kappa shape index (κ2) is 2.87. The van der Waals surface area contributed by atoms with Gasteiger partial charge in [0.15, 0.2) is 0 Å². The summed E-state index contributed by atoms with van der Waals surface area (Å²) in [5, 5.41) is 0. The Kier molecular flexibility index (Phi) is 2.11. The first-order chi connectivity index (χ1) is 4.33. The fraction of sp³-hybridized carbons (Fsp3) is 0.500. The Morgan fingerprint density at radius 2 is 2.56 bits per heavy atom. The molecule has 0 spiro atoms. The average molecular weight is 145 g/mol. The molecule has 1 rings (SSSR count). The van der Waals surface area contributed by atoms with Crippen molar-refractivity contribution >= 4 is 11.6 Å². The number of imidazole rings is 1. The van der Waals surface area contributed by atoms with Crippen LogP contribution in [-0.4, -0.2) is 15.4 Å². The summed E-state index contributed by atoms with van der Waals surface area (Å²) in [7, 11) is 0. The molecule has 0 fully saturated rings. The van der Waals surface area contributed by atoms with Crippen molar-refractivity contribution in [3.05, 3.63) is 18.2 Å². The number of rotatable bonds is 2. The van der Waals surface area contributed by atoms with Crippen LogP contribution >= 0.6 is 11.6 Å². The van der Waals surface area contributed by atoms with E-state index in [0.29, 0.717) is 5.88 Å². The molecule has 0 amide bonds. The fourth-order valence-electron chi connectivity index (χ4n) is 0.692. The molecule has 0 radical (unpaired) electrons. The van der Waals surface area contributed by atoms with Crippen LogP contribution in [0.1, 0.15) is 5.69 Å². The Labute approximate surface area is 59.5 Å². The second-order valence-electron chi connectivity index (χ2n) is 1.94. The third kappa shape index (κ3) is 1.72. The Morgan fingerprint density at radius 1 is 1.78 bits per heavy atom. The van der Waals surface area contributed by atoms with Crippen LogP contribution in [0.3, 0.4) is 0 Å². The summed E-state index contributed by atoms with van der Waals surface area (Å²) >= 11 is 5.50. The molecule has 1 aromatic heterocycles. The van der Waals surface area contributed by atoms with Gasteiger partial charge in [-0.25, -0.2) is 4.98 Å². The first-order valence-electron chi connectivity index (χ1n) is 2.87. The minimum absolute atomic E-state index is 0.649. The molecule has 2 nitrogen and oxygen atoms in total. The van der Waals surface area contributed by atoms with Crippen molar-refractivity contribution < 1.29 is 0 Å². The van der Waals surface area contributed by atoms with E-state index in [2.05, 4.69) is 4.98 Å². The first-order valence-corrected chi connectivity index (χ1v) is 3.40. The summed E-state index contributed by atoms with van der Waals surface area (Å²) in [6, 6.07) is 0. The number of hydrogen-bond acceptors (Lipinski definition) is 1. The zero-order valence-corrected chi connectivity index (χ0v) is 6.10. The van der Waals surface area contributed by atoms with Gasteiger partial charge >= 0.3 is 0 Å². The molecular formula is C6H9ClN2. The van der Waals surface area contributed by atoms with Crippen LogP contribution in [0.25, 0.3) is 0 Å². The maximum Gasteiger partial charge on any atom is 0.0949 e. The van der Waals surface area contributed by atoms with Gasteiger partial charge in [0, 0.05) is 18.6 Å². The van der Waals surface area contributed by atoms with Gasteiger partial charge in [-0.05, 0) is 6.92 Å². The Hall–Kier alpha value is -0.500. The van der Waals surface area contributed by atoms with Crippen molar-refractivity contribution in [1.82, 2.24) is 9.55 Å². The molecule has 1 heterocycles. The molecule has 0 bridgehead atoms. The SMILES string of the molecule is Cc1cn(CCCl)cn1. The Morgan fingerprint density at radius 3 is 3.00 bits per heavy atom. The van der Waals surface area contributed by atoms with Crippen molar-refractivity contribution in [3.63, 3.8) is 0 Å². The lowest BCUT2D eigenvalue weighted by Crippen LogP contribution is -1.93. The number of aryl methyl sites for hydroxylation is 2. The van der Waals surface area contributed by atoms with Gasteiger partial charge in [-0.3, -0.25) is 0 Å². The summed E-state index contributed by atoms with van der Waals surface area (Å²) in [6.45, 7) is 2.81. The molecule has 3 heteroatoms. The number of hydrogen-bond donors (Lipinski definition) is 0. The smallest absolute Gasteiger partial charge is 0.0949 e. The molecule has 0 aliphatic rings. The van der Waals surface area contributed by atoms with E-state index in [1.807, 2.05) is 17.7 Å². The molecule has 0 aliphatic carbocycles. The lowest BCUT2D eigenvalue weighted by molar-refractivity contribution is 0.767. The van der Waals surface area contributed by atoms with Crippen molar-refractivity contribution in [2.75, 3.05) is 5.88 Å². The topological polar surface area (TPSA) is 17.8 Å². The molecule has 0 saturated heterocycles. The highest BCUT2D eigenvalue weighted by molar-refractivity contribution is 6.17. The van der Waals surface area contributed by atoms with Gasteiger partial charge in [0.1, 0.15) is 0 Å². The van der Waals surface area contributed by atoms with Crippen LogP contribution in [0.15, 0.2) is 12.5 Å². The van der Waals surface area contributed by atoms with Gasteiger partial charge in [0.25, 0.3) is 0 Å². The highest BCUT2D eigenvalue weighted by atomic mass is 35.5. The maximum absolute atomic E-state index is 5.50. The Bertz CT molecular complexity index is 183. The van der Waals surface area contributed by atoms with Crippen molar-refractivity contribution in [1.29, 1.82) is 0 Å². The second-order valence-corrected chi connectivity index (χ2v) is 2.32. The Balaban J connectivity index is 2.61. The molecule has 50 valence electrons. The van der Waals surface area contributed by atoms with Crippen LogP contribution in [0, 0.1) is 6.92 Å². The molecule has 0 aliphatic heterocycles. The maximum atomic E-state index is 5.50. The van der Waals surface area contributed by atoms with Crippen LogP contribution < -0.4 is 0 Å². The monoisotopic (exact) mass is 144 g/mol. The van der Waals surface area contributed by atoms with Gasteiger partial charge in [-0.15, -0.1) is 11.6 Å². The zero-order valence-electron chi connectivity index (χ0n) is 5.34. The molecule has 0 atom stereocenters. The molecule has 0 unspecified atom stereocenters. The normalized spacial score (nSPS) is 10.0. The standard InChI is InChI=1S/C6H9ClN2/c1-6-4-9(3-2-7)5-8-6/h4-5H,2-3H2,1H3. The van der Waals surface area contributed by atoms with Gasteiger partial charge < -0.3 is 4.57 Å². The van der Waals surface area contributed by atoms with E-state index in [0.717, 1.165) is 12.2 Å². The molecule has 0 N–H and O–H groups in total. The lowest BCUT2D eigenvalue weighted by atomic mass is 10.6. The van der Waals surface area contributed by atoms with Crippen molar-refractivity contribution in [2.24, 2.45) is 0 Å². The summed E-state index contributed by atoms with van der Waals surface area (Å²) in [5.74, 6) is 0.649. The van der Waals surface area contributed by atoms with E-state index >= 15 is 0 Å². The number of alkyl halides is 1. The summed E-state index contributed by atoms with van der Waals surface area (Å²) in [4.78, 5) is 4.04. The molecular weight excluding hydrogens is 136 g/mol. The van der Waals surface area contributed by atoms with E-state index in [1.54, 1.807) is 6.33 Å². The predicted octanol–water partition coefficient (Wildman–Crippen LogP) is 1.43. The third-order valence-corrected chi connectivity index (χ3v) is 1.27. The number of nitrogens with zero attached hydrogens (tertiary/aromatic N) is 2. The van der Waals surface area contributed by atoms with Gasteiger partial charge in [0.2, 0.25) is 0 Å². The minimum Gasteiger partial charge on any atom is -0.336 e. The minimum atomic E-state index is 0.649. The van der Waals surface area contributed by atoms with Crippen LogP contribution in [-0.2, 0) is 6.54 Å². The third-order valence-electron chi connectivity index (χ3n) is 1.11. The van der Waals surface area contributed by atoms with E-state index in [1.165, 1.54) is 0 Å². The quantitative estimate of drug-likeness (QED) is 0.575. The highest BCUT2D eigenvalue weighted by Crippen LogP contribution is 1.93. The fourth-order valence-corrected chi connectivity index (χ4v) is 0.887. The van der Waals surface area contributed by atoms with Crippen LogP contribution in [0.5, 0.6) is 0 Å². The summed E-state index contributed by atoms with van der Waals surface area (Å²) < 4.78 is 1.97. The van der Waals surface area contributed by atoms with E-state index in [-0.39, 0.29) is 0 Å². The number of aromatic nitrogens is 2. The van der Waals surface area contributed by atoms with Crippen LogP contribution in [0.4, 0.5) is 0 Å². The van der Waals surface area contributed by atoms with E-state index < -0.39 is 0 Å². The van der Waals surface area contributed by atoms with Gasteiger partial charge in [-0.2, -0.15) is 0 Å². The van der Waals surface area contributed by atoms with E-state index in [9.17, 15) is 0 Å². The summed E-state index contributed by atoms with van der Waals surface area (Å²) in [6.07, 6.45) is 3.76. The highest BCUT2D eigenvalue weighted by Gasteiger charge is 1.89. The molecule has 1 aromatic rings. The lowest BCUT2D eigenvalue weighted by Gasteiger charge is -1.92. The predicted molar refractivity (Wildman–Crippen MR) is 37.7 cm³/mol. The number of halogens is 1. The zero-order chi connectivity index (χ0) is 6.69. The molecule has 0 aromatic carbocycles. The van der Waals surface area contributed by atoms with Crippen molar-refractivity contribution in [3.8, 4) is 0 Å². The first kappa shape index (κ1) is 6.62. The van der Waals surface area contributed by atoms with E-state index in [4.69, 9.17) is 11.6 Å². The van der Waals surface area contributed by atoms with Gasteiger partial charge in [-0.1, -0.05) is 0 Å². The van der Waals surface area contributed by atoms with Crippen molar-refractivity contribution in [2.45, 2.75) is 13.5 Å². The largest absolute Gasteiger partial charge is 0.336 e. The average Bonchev–Trinajstić information content (AvgIpc) is 2.17. The molecule has 0 saturated carbocycles. The van der Waals surface area contributed by atoms with Crippen LogP contribution in [0.2, 0.25) is 0 Å². The van der Waals surface area contributed by atoms with Gasteiger partial charge in [0.05, 0.1) is 12.0 Å².